The number of nitrogens with one attached hydrogen (secondary N) is 1. The lowest BCUT2D eigenvalue weighted by atomic mass is 10.0. The zero-order valence-corrected chi connectivity index (χ0v) is 19.4. The number of thiocarbonyl (C=S) groups is 1. The zero-order valence-electron chi connectivity index (χ0n) is 17.8. The number of carbonyl (C=O) groups excluding carboxylic acids is 1. The van der Waals surface area contributed by atoms with Crippen molar-refractivity contribution in [3.8, 4) is 16.2 Å². The summed E-state index contributed by atoms with van der Waals surface area (Å²) in [6, 6.07) is 16.7. The van der Waals surface area contributed by atoms with Crippen LogP contribution in [-0.2, 0) is 16.0 Å². The van der Waals surface area contributed by atoms with Crippen LogP contribution in [0.5, 0.6) is 5.75 Å². The predicted molar refractivity (Wildman–Crippen MR) is 129 cm³/mol. The van der Waals surface area contributed by atoms with Gasteiger partial charge < -0.3 is 15.2 Å². The second kappa shape index (κ2) is 9.88. The number of thiophene rings is 1. The van der Waals surface area contributed by atoms with Gasteiger partial charge in [-0.05, 0) is 65.8 Å². The van der Waals surface area contributed by atoms with Crippen molar-refractivity contribution in [2.75, 3.05) is 0 Å². The molecule has 1 aliphatic heterocycles. The third-order valence-corrected chi connectivity index (χ3v) is 6.44. The maximum Gasteiger partial charge on any atom is 0.573 e. The highest BCUT2D eigenvalue weighted by atomic mass is 32.1. The van der Waals surface area contributed by atoms with Gasteiger partial charge in [0.1, 0.15) is 17.5 Å². The van der Waals surface area contributed by atoms with Crippen LogP contribution in [0, 0.1) is 0 Å². The molecule has 1 saturated heterocycles. The third-order valence-electron chi connectivity index (χ3n) is 5.06. The van der Waals surface area contributed by atoms with Crippen LogP contribution in [0.25, 0.3) is 16.5 Å². The van der Waals surface area contributed by atoms with Gasteiger partial charge in [0.15, 0.2) is 5.11 Å². The largest absolute Gasteiger partial charge is 0.573 e. The lowest BCUT2D eigenvalue weighted by molar-refractivity contribution is -0.274. The van der Waals surface area contributed by atoms with E-state index in [-0.39, 0.29) is 23.0 Å². The molecular weight excluding hydrogens is 501 g/mol. The fraction of sp³-hybridized carbons (Fsp3) is 0.125. The SMILES string of the molecule is O=C(O)C(Cc1ccccc1)N1C(=O)/C(=C/c2ccc(-c3ccc(OC(F)(F)F)cc3)s2)NC1=S. The summed E-state index contributed by atoms with van der Waals surface area (Å²) in [7, 11) is 0. The smallest absolute Gasteiger partial charge is 0.480 e. The maximum atomic E-state index is 13.0. The van der Waals surface area contributed by atoms with Crippen molar-refractivity contribution in [1.29, 1.82) is 0 Å². The fourth-order valence-corrected chi connectivity index (χ4v) is 4.78. The molecule has 1 aliphatic rings. The van der Waals surface area contributed by atoms with Crippen molar-refractivity contribution >= 4 is 46.6 Å². The number of carboxylic acid groups (broad SMARTS) is 1. The molecule has 2 heterocycles. The first-order valence-corrected chi connectivity index (χ1v) is 11.4. The van der Waals surface area contributed by atoms with Crippen molar-refractivity contribution in [1.82, 2.24) is 10.2 Å². The lowest BCUT2D eigenvalue weighted by Crippen LogP contribution is -2.46. The molecule has 35 heavy (non-hydrogen) atoms. The Kier molecular flexibility index (Phi) is 6.90. The molecule has 4 rings (SSSR count). The summed E-state index contributed by atoms with van der Waals surface area (Å²) >= 11 is 6.56. The average molecular weight is 519 g/mol. The number of hydrogen-bond donors (Lipinski definition) is 2. The summed E-state index contributed by atoms with van der Waals surface area (Å²) in [5, 5.41) is 12.5. The Morgan fingerprint density at radius 3 is 2.43 bits per heavy atom. The van der Waals surface area contributed by atoms with Crippen LogP contribution in [-0.4, -0.2) is 39.4 Å². The van der Waals surface area contributed by atoms with Crippen LogP contribution in [0.4, 0.5) is 13.2 Å². The lowest BCUT2D eigenvalue weighted by Gasteiger charge is -2.22. The Hall–Kier alpha value is -3.70. The molecule has 180 valence electrons. The first-order valence-electron chi connectivity index (χ1n) is 10.2. The molecule has 1 atom stereocenters. The molecule has 0 aliphatic carbocycles. The number of halogens is 3. The minimum atomic E-state index is -4.76. The Morgan fingerprint density at radius 2 is 1.80 bits per heavy atom. The summed E-state index contributed by atoms with van der Waals surface area (Å²) in [6.07, 6.45) is -3.11. The maximum absolute atomic E-state index is 13.0. The van der Waals surface area contributed by atoms with E-state index in [1.165, 1.54) is 35.6 Å². The van der Waals surface area contributed by atoms with Gasteiger partial charge in [0.05, 0.1) is 0 Å². The molecule has 3 aromatic rings. The highest BCUT2D eigenvalue weighted by Crippen LogP contribution is 2.32. The average Bonchev–Trinajstić information content (AvgIpc) is 3.37. The van der Waals surface area contributed by atoms with E-state index in [4.69, 9.17) is 12.2 Å². The summed E-state index contributed by atoms with van der Waals surface area (Å²) in [5.74, 6) is -2.05. The minimum Gasteiger partial charge on any atom is -0.480 e. The van der Waals surface area contributed by atoms with Crippen LogP contribution in [0.1, 0.15) is 10.4 Å². The molecule has 6 nitrogen and oxygen atoms in total. The topological polar surface area (TPSA) is 78.9 Å². The molecule has 2 N–H and O–H groups in total. The molecule has 1 amide bonds. The van der Waals surface area contributed by atoms with Gasteiger partial charge in [0.25, 0.3) is 5.91 Å². The zero-order chi connectivity index (χ0) is 25.2. The second-order valence-corrected chi connectivity index (χ2v) is 8.98. The van der Waals surface area contributed by atoms with E-state index in [1.54, 1.807) is 42.5 Å². The Morgan fingerprint density at radius 1 is 1.11 bits per heavy atom. The van der Waals surface area contributed by atoms with Crippen molar-refractivity contribution < 1.29 is 32.6 Å². The standard InChI is InChI=1S/C24H17F3N2O4S2/c25-24(26,27)33-16-8-6-15(7-9-16)20-11-10-17(35-20)13-18-21(30)29(23(34)28-18)19(22(31)32)12-14-4-2-1-3-5-14/h1-11,13,19H,12H2,(H,28,34)(H,31,32)/b18-13-. The van der Waals surface area contributed by atoms with Gasteiger partial charge in [-0.15, -0.1) is 24.5 Å². The minimum absolute atomic E-state index is 0.00149. The number of benzene rings is 2. The van der Waals surface area contributed by atoms with Gasteiger partial charge in [-0.1, -0.05) is 30.3 Å². The molecular formula is C24H17F3N2O4S2. The first kappa shape index (κ1) is 24.4. The van der Waals surface area contributed by atoms with Gasteiger partial charge >= 0.3 is 12.3 Å². The van der Waals surface area contributed by atoms with E-state index in [1.807, 2.05) is 6.07 Å². The molecule has 0 bridgehead atoms. The molecule has 0 saturated carbocycles. The second-order valence-electron chi connectivity index (χ2n) is 7.48. The van der Waals surface area contributed by atoms with Crippen LogP contribution in [0.2, 0.25) is 0 Å². The van der Waals surface area contributed by atoms with Gasteiger partial charge in [-0.2, -0.15) is 0 Å². The number of rotatable bonds is 7. The van der Waals surface area contributed by atoms with Gasteiger partial charge in [0, 0.05) is 16.2 Å². The summed E-state index contributed by atoms with van der Waals surface area (Å²) < 4.78 is 40.9. The number of nitrogens with zero attached hydrogens (tertiary/aromatic N) is 1. The Balaban J connectivity index is 1.51. The summed E-state index contributed by atoms with van der Waals surface area (Å²) in [5.41, 5.74) is 1.56. The van der Waals surface area contributed by atoms with Crippen LogP contribution in [0.15, 0.2) is 72.4 Å². The van der Waals surface area contributed by atoms with Crippen molar-refractivity contribution in [2.45, 2.75) is 18.8 Å². The fourth-order valence-electron chi connectivity index (χ4n) is 3.51. The van der Waals surface area contributed by atoms with E-state index in [0.717, 1.165) is 15.3 Å². The predicted octanol–water partition coefficient (Wildman–Crippen LogP) is 5.07. The van der Waals surface area contributed by atoms with Gasteiger partial charge in [-0.3, -0.25) is 9.69 Å². The van der Waals surface area contributed by atoms with E-state index < -0.39 is 24.3 Å². The molecule has 1 unspecified atom stereocenters. The molecule has 0 radical (unpaired) electrons. The molecule has 0 spiro atoms. The Labute approximate surface area is 207 Å². The van der Waals surface area contributed by atoms with Crippen molar-refractivity contribution in [3.05, 3.63) is 82.9 Å². The van der Waals surface area contributed by atoms with Crippen LogP contribution >= 0.6 is 23.6 Å². The number of ether oxygens (including phenoxy) is 1. The monoisotopic (exact) mass is 518 g/mol. The number of aliphatic carboxylic acids is 1. The summed E-state index contributed by atoms with van der Waals surface area (Å²) in [4.78, 5) is 27.5. The number of hydrogen-bond acceptors (Lipinski definition) is 5. The van der Waals surface area contributed by atoms with E-state index in [9.17, 15) is 27.9 Å². The van der Waals surface area contributed by atoms with Gasteiger partial charge in [-0.25, -0.2) is 4.79 Å². The molecule has 1 aromatic heterocycles. The van der Waals surface area contributed by atoms with E-state index in [0.29, 0.717) is 10.4 Å². The number of amides is 1. The van der Waals surface area contributed by atoms with E-state index >= 15 is 0 Å². The first-order chi connectivity index (χ1) is 16.6. The normalized spacial score (nSPS) is 15.9. The van der Waals surface area contributed by atoms with Gasteiger partial charge in [0.2, 0.25) is 0 Å². The number of alkyl halides is 3. The van der Waals surface area contributed by atoms with E-state index in [2.05, 4.69) is 10.1 Å². The molecule has 1 fully saturated rings. The van der Waals surface area contributed by atoms with Crippen LogP contribution in [0.3, 0.4) is 0 Å². The van der Waals surface area contributed by atoms with Crippen molar-refractivity contribution in [2.24, 2.45) is 0 Å². The quantitative estimate of drug-likeness (QED) is 0.336. The van der Waals surface area contributed by atoms with Crippen LogP contribution < -0.4 is 10.1 Å². The molecule has 2 aromatic carbocycles. The summed E-state index contributed by atoms with van der Waals surface area (Å²) in [6.45, 7) is 0. The molecule has 11 heteroatoms. The number of carbonyl (C=O) groups is 2. The highest BCUT2D eigenvalue weighted by molar-refractivity contribution is 7.80. The van der Waals surface area contributed by atoms with Crippen molar-refractivity contribution in [3.63, 3.8) is 0 Å². The third kappa shape index (κ3) is 5.87. The number of carboxylic acids is 1. The Bertz CT molecular complexity index is 1290. The highest BCUT2D eigenvalue weighted by Gasteiger charge is 2.39.